The molecule has 0 aromatic carbocycles. The third-order valence-corrected chi connectivity index (χ3v) is 2.72. The van der Waals surface area contributed by atoms with Gasteiger partial charge in [-0.2, -0.15) is 0 Å². The van der Waals surface area contributed by atoms with E-state index in [1.54, 1.807) is 0 Å². The van der Waals surface area contributed by atoms with Crippen molar-refractivity contribution in [1.29, 1.82) is 0 Å². The number of aliphatic imine (C=N–C) groups is 1. The van der Waals surface area contributed by atoms with Crippen LogP contribution in [0.2, 0.25) is 0 Å². The SMILES string of the molecule is CC(C)C(C)(C)CN=C(N)NC(C)(C)C. The number of nitrogens with two attached hydrogens (primary N) is 1. The van der Waals surface area contributed by atoms with E-state index in [-0.39, 0.29) is 11.0 Å². The summed E-state index contributed by atoms with van der Waals surface area (Å²) in [6, 6.07) is 0. The Morgan fingerprint density at radius 2 is 1.67 bits per heavy atom. The van der Waals surface area contributed by atoms with Gasteiger partial charge >= 0.3 is 0 Å². The van der Waals surface area contributed by atoms with E-state index in [1.807, 2.05) is 0 Å². The normalized spacial score (nSPS) is 14.5. The average molecular weight is 213 g/mol. The predicted octanol–water partition coefficient (Wildman–Crippen LogP) is 2.37. The van der Waals surface area contributed by atoms with Crippen molar-refractivity contribution >= 4 is 5.96 Å². The van der Waals surface area contributed by atoms with Crippen molar-refractivity contribution < 1.29 is 0 Å². The van der Waals surface area contributed by atoms with Crippen LogP contribution in [0, 0.1) is 11.3 Å². The minimum absolute atomic E-state index is 0.0183. The van der Waals surface area contributed by atoms with Gasteiger partial charge in [-0.1, -0.05) is 27.7 Å². The lowest BCUT2D eigenvalue weighted by Crippen LogP contribution is -2.45. The number of nitrogens with zero attached hydrogens (tertiary/aromatic N) is 1. The van der Waals surface area contributed by atoms with Gasteiger partial charge in [-0.3, -0.25) is 4.99 Å². The second-order valence-corrected chi connectivity index (χ2v) is 6.22. The van der Waals surface area contributed by atoms with Crippen molar-refractivity contribution in [3.05, 3.63) is 0 Å². The number of nitrogens with one attached hydrogen (secondary N) is 1. The summed E-state index contributed by atoms with van der Waals surface area (Å²) in [5.74, 6) is 1.14. The molecule has 0 aliphatic heterocycles. The van der Waals surface area contributed by atoms with E-state index in [4.69, 9.17) is 5.73 Å². The molecule has 0 aliphatic carbocycles. The molecule has 3 nitrogen and oxygen atoms in total. The summed E-state index contributed by atoms with van der Waals surface area (Å²) in [5.41, 5.74) is 5.99. The van der Waals surface area contributed by atoms with Crippen molar-refractivity contribution in [3.8, 4) is 0 Å². The summed E-state index contributed by atoms with van der Waals surface area (Å²) >= 11 is 0. The molecule has 0 bridgehead atoms. The van der Waals surface area contributed by atoms with Crippen LogP contribution in [0.15, 0.2) is 4.99 Å². The third-order valence-electron chi connectivity index (χ3n) is 2.72. The minimum atomic E-state index is -0.0183. The van der Waals surface area contributed by atoms with Crippen LogP contribution >= 0.6 is 0 Å². The molecule has 3 heteroatoms. The number of hydrogen-bond donors (Lipinski definition) is 2. The van der Waals surface area contributed by atoms with Crippen LogP contribution in [0.1, 0.15) is 48.5 Å². The lowest BCUT2D eigenvalue weighted by molar-refractivity contribution is 0.261. The van der Waals surface area contributed by atoms with E-state index in [0.29, 0.717) is 11.9 Å². The van der Waals surface area contributed by atoms with Crippen LogP contribution in [0.25, 0.3) is 0 Å². The van der Waals surface area contributed by atoms with E-state index in [2.05, 4.69) is 58.8 Å². The molecule has 90 valence electrons. The van der Waals surface area contributed by atoms with E-state index in [0.717, 1.165) is 6.54 Å². The Morgan fingerprint density at radius 1 is 1.20 bits per heavy atom. The molecule has 0 spiro atoms. The van der Waals surface area contributed by atoms with E-state index in [9.17, 15) is 0 Å². The molecule has 0 aromatic rings. The van der Waals surface area contributed by atoms with Gasteiger partial charge in [-0.05, 0) is 32.1 Å². The Hall–Kier alpha value is -0.730. The lowest BCUT2D eigenvalue weighted by atomic mass is 9.81. The Morgan fingerprint density at radius 3 is 2.00 bits per heavy atom. The molecular formula is C12H27N3. The number of rotatable bonds is 3. The third kappa shape index (κ3) is 6.37. The molecule has 0 fully saturated rings. The highest BCUT2D eigenvalue weighted by Crippen LogP contribution is 2.25. The second-order valence-electron chi connectivity index (χ2n) is 6.22. The molecule has 0 rings (SSSR count). The zero-order valence-corrected chi connectivity index (χ0v) is 11.3. The average Bonchev–Trinajstić information content (AvgIpc) is 1.97. The highest BCUT2D eigenvalue weighted by atomic mass is 15.1. The van der Waals surface area contributed by atoms with Crippen LogP contribution in [-0.2, 0) is 0 Å². The molecule has 0 unspecified atom stereocenters. The van der Waals surface area contributed by atoms with Gasteiger partial charge in [0.2, 0.25) is 0 Å². The van der Waals surface area contributed by atoms with Gasteiger partial charge in [0.15, 0.2) is 5.96 Å². The quantitative estimate of drug-likeness (QED) is 0.558. The lowest BCUT2D eigenvalue weighted by Gasteiger charge is -2.28. The fourth-order valence-corrected chi connectivity index (χ4v) is 0.895. The number of guanidine groups is 1. The van der Waals surface area contributed by atoms with Crippen LogP contribution < -0.4 is 11.1 Å². The minimum Gasteiger partial charge on any atom is -0.370 e. The number of hydrogen-bond acceptors (Lipinski definition) is 1. The van der Waals surface area contributed by atoms with Gasteiger partial charge in [-0.25, -0.2) is 0 Å². The van der Waals surface area contributed by atoms with E-state index in [1.165, 1.54) is 0 Å². The predicted molar refractivity (Wildman–Crippen MR) is 68.0 cm³/mol. The standard InChI is InChI=1S/C12H27N3/c1-9(2)12(6,7)8-14-10(13)15-11(3,4)5/h9H,8H2,1-7H3,(H3,13,14,15). The van der Waals surface area contributed by atoms with Crippen LogP contribution in [0.3, 0.4) is 0 Å². The van der Waals surface area contributed by atoms with Gasteiger partial charge in [0.1, 0.15) is 0 Å². The molecule has 0 heterocycles. The largest absolute Gasteiger partial charge is 0.370 e. The zero-order valence-electron chi connectivity index (χ0n) is 11.3. The maximum Gasteiger partial charge on any atom is 0.189 e. The first-order chi connectivity index (χ1) is 6.54. The van der Waals surface area contributed by atoms with Gasteiger partial charge < -0.3 is 11.1 Å². The monoisotopic (exact) mass is 213 g/mol. The van der Waals surface area contributed by atoms with Crippen LogP contribution in [-0.4, -0.2) is 18.0 Å². The molecule has 0 radical (unpaired) electrons. The van der Waals surface area contributed by atoms with E-state index < -0.39 is 0 Å². The molecule has 3 N–H and O–H groups in total. The Balaban J connectivity index is 4.29. The van der Waals surface area contributed by atoms with Crippen LogP contribution in [0.4, 0.5) is 0 Å². The fourth-order valence-electron chi connectivity index (χ4n) is 0.895. The van der Waals surface area contributed by atoms with Gasteiger partial charge in [-0.15, -0.1) is 0 Å². The van der Waals surface area contributed by atoms with Crippen molar-refractivity contribution in [3.63, 3.8) is 0 Å². The van der Waals surface area contributed by atoms with Crippen molar-refractivity contribution in [1.82, 2.24) is 5.32 Å². The topological polar surface area (TPSA) is 50.4 Å². The fraction of sp³-hybridized carbons (Fsp3) is 0.917. The highest BCUT2D eigenvalue weighted by Gasteiger charge is 2.22. The summed E-state index contributed by atoms with van der Waals surface area (Å²) in [4.78, 5) is 4.39. The molecule has 15 heavy (non-hydrogen) atoms. The Bertz CT molecular complexity index is 222. The van der Waals surface area contributed by atoms with Crippen molar-refractivity contribution in [2.45, 2.75) is 54.0 Å². The van der Waals surface area contributed by atoms with Crippen molar-refractivity contribution in [2.24, 2.45) is 22.1 Å². The summed E-state index contributed by atoms with van der Waals surface area (Å²) in [7, 11) is 0. The molecule has 0 aliphatic rings. The zero-order chi connectivity index (χ0) is 12.3. The molecule has 0 saturated heterocycles. The molecule has 0 aromatic heterocycles. The molecule has 0 saturated carbocycles. The van der Waals surface area contributed by atoms with Crippen molar-refractivity contribution in [2.75, 3.05) is 6.54 Å². The second kappa shape index (κ2) is 4.86. The Labute approximate surface area is 94.5 Å². The Kier molecular flexibility index (Phi) is 4.63. The first-order valence-corrected chi connectivity index (χ1v) is 5.63. The summed E-state index contributed by atoms with van der Waals surface area (Å²) in [6.45, 7) is 15.8. The molecule has 0 atom stereocenters. The molecular weight excluding hydrogens is 186 g/mol. The smallest absolute Gasteiger partial charge is 0.189 e. The molecule has 0 amide bonds. The first kappa shape index (κ1) is 14.3. The maximum atomic E-state index is 5.81. The van der Waals surface area contributed by atoms with E-state index >= 15 is 0 Å². The van der Waals surface area contributed by atoms with Gasteiger partial charge in [0.05, 0.1) is 0 Å². The van der Waals surface area contributed by atoms with Gasteiger partial charge in [0, 0.05) is 12.1 Å². The summed E-state index contributed by atoms with van der Waals surface area (Å²) in [5, 5.41) is 3.16. The first-order valence-electron chi connectivity index (χ1n) is 5.63. The summed E-state index contributed by atoms with van der Waals surface area (Å²) in [6.07, 6.45) is 0. The van der Waals surface area contributed by atoms with Crippen LogP contribution in [0.5, 0.6) is 0 Å². The maximum absolute atomic E-state index is 5.81. The van der Waals surface area contributed by atoms with Gasteiger partial charge in [0.25, 0.3) is 0 Å². The summed E-state index contributed by atoms with van der Waals surface area (Å²) < 4.78 is 0. The highest BCUT2D eigenvalue weighted by molar-refractivity contribution is 5.78.